The van der Waals surface area contributed by atoms with Crippen molar-refractivity contribution in [1.29, 1.82) is 0 Å². The van der Waals surface area contributed by atoms with Crippen LogP contribution in [0.25, 0.3) is 0 Å². The fourth-order valence-corrected chi connectivity index (χ4v) is 3.09. The van der Waals surface area contributed by atoms with Crippen molar-refractivity contribution in [3.05, 3.63) is 39.3 Å². The third-order valence-corrected chi connectivity index (χ3v) is 4.08. The first-order valence-corrected chi connectivity index (χ1v) is 7.14. The van der Waals surface area contributed by atoms with Crippen LogP contribution in [0.5, 0.6) is 0 Å². The summed E-state index contributed by atoms with van der Waals surface area (Å²) in [7, 11) is 1.97. The minimum Gasteiger partial charge on any atom is -0.310 e. The molecule has 0 aliphatic heterocycles. The molecule has 4 heteroatoms. The average molecular weight is 263 g/mol. The Balaban J connectivity index is 1.85. The molecule has 1 N–H and O–H groups in total. The third-order valence-electron chi connectivity index (χ3n) is 3.06. The summed E-state index contributed by atoms with van der Waals surface area (Å²) in [5.74, 6) is 0. The van der Waals surface area contributed by atoms with Gasteiger partial charge in [0.15, 0.2) is 0 Å². The van der Waals surface area contributed by atoms with Crippen molar-refractivity contribution < 1.29 is 0 Å². The zero-order valence-electron chi connectivity index (χ0n) is 11.5. The van der Waals surface area contributed by atoms with Crippen LogP contribution < -0.4 is 5.32 Å². The van der Waals surface area contributed by atoms with E-state index in [-0.39, 0.29) is 0 Å². The van der Waals surface area contributed by atoms with E-state index < -0.39 is 0 Å². The lowest BCUT2D eigenvalue weighted by Crippen LogP contribution is -2.27. The number of hydrogen-bond donors (Lipinski definition) is 1. The van der Waals surface area contributed by atoms with Gasteiger partial charge in [-0.2, -0.15) is 5.10 Å². The third kappa shape index (κ3) is 3.43. The molecule has 0 aromatic carbocycles. The molecule has 1 unspecified atom stereocenters. The van der Waals surface area contributed by atoms with Crippen LogP contribution in [-0.4, -0.2) is 15.8 Å². The van der Waals surface area contributed by atoms with Crippen LogP contribution in [0.3, 0.4) is 0 Å². The van der Waals surface area contributed by atoms with Gasteiger partial charge < -0.3 is 5.32 Å². The fraction of sp³-hybridized carbons (Fsp3) is 0.500. The Kier molecular flexibility index (Phi) is 4.19. The minimum atomic E-state index is 0.489. The van der Waals surface area contributed by atoms with Crippen molar-refractivity contribution >= 4 is 11.3 Å². The van der Waals surface area contributed by atoms with Crippen LogP contribution >= 0.6 is 11.3 Å². The van der Waals surface area contributed by atoms with Crippen LogP contribution in [0.15, 0.2) is 18.3 Å². The van der Waals surface area contributed by atoms with Crippen LogP contribution in [0.4, 0.5) is 0 Å². The van der Waals surface area contributed by atoms with E-state index in [0.29, 0.717) is 6.04 Å². The number of rotatable bonds is 5. The highest BCUT2D eigenvalue weighted by Crippen LogP contribution is 2.16. The van der Waals surface area contributed by atoms with E-state index in [1.165, 1.54) is 15.3 Å². The highest BCUT2D eigenvalue weighted by atomic mass is 32.1. The predicted molar refractivity (Wildman–Crippen MR) is 77.0 cm³/mol. The normalized spacial score (nSPS) is 12.9. The molecule has 0 fully saturated rings. The van der Waals surface area contributed by atoms with E-state index in [4.69, 9.17) is 0 Å². The molecular weight excluding hydrogens is 242 g/mol. The molecule has 0 amide bonds. The van der Waals surface area contributed by atoms with Crippen LogP contribution in [0.2, 0.25) is 0 Å². The van der Waals surface area contributed by atoms with E-state index in [0.717, 1.165) is 18.7 Å². The van der Waals surface area contributed by atoms with Gasteiger partial charge in [0.05, 0.1) is 5.69 Å². The summed E-state index contributed by atoms with van der Waals surface area (Å²) in [6.07, 6.45) is 3.18. The van der Waals surface area contributed by atoms with Gasteiger partial charge in [-0.3, -0.25) is 4.68 Å². The molecule has 98 valence electrons. The van der Waals surface area contributed by atoms with Gasteiger partial charge in [0.25, 0.3) is 0 Å². The standard InChI is InChI=1S/C14H21N3S/c1-10(7-14-6-5-11(2)18-14)15-8-13-9-17(4)16-12(13)3/h5-6,9-10,15H,7-8H2,1-4H3. The Morgan fingerprint density at radius 1 is 1.39 bits per heavy atom. The molecule has 2 rings (SSSR count). The maximum atomic E-state index is 4.36. The number of nitrogens with one attached hydrogen (secondary N) is 1. The van der Waals surface area contributed by atoms with Crippen LogP contribution in [-0.2, 0) is 20.0 Å². The highest BCUT2D eigenvalue weighted by molar-refractivity contribution is 7.11. The van der Waals surface area contributed by atoms with E-state index in [1.807, 2.05) is 23.1 Å². The van der Waals surface area contributed by atoms with Gasteiger partial charge >= 0.3 is 0 Å². The molecule has 0 saturated carbocycles. The summed E-state index contributed by atoms with van der Waals surface area (Å²) < 4.78 is 1.87. The Morgan fingerprint density at radius 2 is 2.17 bits per heavy atom. The summed E-state index contributed by atoms with van der Waals surface area (Å²) in [6, 6.07) is 4.91. The summed E-state index contributed by atoms with van der Waals surface area (Å²) in [5.41, 5.74) is 2.40. The predicted octanol–water partition coefficient (Wildman–Crippen LogP) is 2.82. The van der Waals surface area contributed by atoms with Gasteiger partial charge in [-0.05, 0) is 39.3 Å². The average Bonchev–Trinajstić information content (AvgIpc) is 2.82. The van der Waals surface area contributed by atoms with E-state index in [2.05, 4.69) is 49.5 Å². The first-order chi connectivity index (χ1) is 8.54. The first kappa shape index (κ1) is 13.3. The molecule has 3 nitrogen and oxygen atoms in total. The van der Waals surface area contributed by atoms with Crippen LogP contribution in [0, 0.1) is 13.8 Å². The summed E-state index contributed by atoms with van der Waals surface area (Å²) in [4.78, 5) is 2.84. The van der Waals surface area contributed by atoms with E-state index in [9.17, 15) is 0 Å². The first-order valence-electron chi connectivity index (χ1n) is 6.32. The maximum Gasteiger partial charge on any atom is 0.0638 e. The van der Waals surface area contributed by atoms with Crippen LogP contribution in [0.1, 0.15) is 27.9 Å². The monoisotopic (exact) mass is 263 g/mol. The number of hydrogen-bond acceptors (Lipinski definition) is 3. The molecule has 0 aliphatic carbocycles. The zero-order valence-corrected chi connectivity index (χ0v) is 12.3. The van der Waals surface area contributed by atoms with Crippen molar-refractivity contribution in [1.82, 2.24) is 15.1 Å². The van der Waals surface area contributed by atoms with Gasteiger partial charge in [0.1, 0.15) is 0 Å². The molecule has 2 aromatic heterocycles. The van der Waals surface area contributed by atoms with Gasteiger partial charge in [-0.1, -0.05) is 0 Å². The van der Waals surface area contributed by atoms with Crippen molar-refractivity contribution in [3.8, 4) is 0 Å². The molecule has 1 atom stereocenters. The molecule has 0 aliphatic rings. The second-order valence-corrected chi connectivity index (χ2v) is 6.28. The van der Waals surface area contributed by atoms with Gasteiger partial charge in [-0.15, -0.1) is 11.3 Å². The Bertz CT molecular complexity index is 513. The smallest absolute Gasteiger partial charge is 0.0638 e. The molecule has 0 bridgehead atoms. The summed E-state index contributed by atoms with van der Waals surface area (Å²) >= 11 is 1.89. The molecule has 0 saturated heterocycles. The highest BCUT2D eigenvalue weighted by Gasteiger charge is 2.07. The van der Waals surface area contributed by atoms with Crippen molar-refractivity contribution in [2.75, 3.05) is 0 Å². The lowest BCUT2D eigenvalue weighted by molar-refractivity contribution is 0.547. The molecular formula is C14H21N3S. The zero-order chi connectivity index (χ0) is 13.1. The minimum absolute atomic E-state index is 0.489. The van der Waals surface area contributed by atoms with Crippen molar-refractivity contribution in [2.24, 2.45) is 7.05 Å². The van der Waals surface area contributed by atoms with Crippen molar-refractivity contribution in [2.45, 2.75) is 39.8 Å². The SMILES string of the molecule is Cc1ccc(CC(C)NCc2cn(C)nc2C)s1. The molecule has 0 spiro atoms. The van der Waals surface area contributed by atoms with Gasteiger partial charge in [0.2, 0.25) is 0 Å². The lowest BCUT2D eigenvalue weighted by Gasteiger charge is -2.12. The number of aryl methyl sites for hydroxylation is 3. The van der Waals surface area contributed by atoms with Gasteiger partial charge in [0, 0.05) is 41.1 Å². The Hall–Kier alpha value is -1.13. The molecule has 2 heterocycles. The second-order valence-electron chi connectivity index (χ2n) is 4.91. The molecule has 0 radical (unpaired) electrons. The number of thiophene rings is 1. The van der Waals surface area contributed by atoms with E-state index >= 15 is 0 Å². The quantitative estimate of drug-likeness (QED) is 0.899. The summed E-state index contributed by atoms with van der Waals surface area (Å²) in [5, 5.41) is 7.92. The topological polar surface area (TPSA) is 29.9 Å². The lowest BCUT2D eigenvalue weighted by atomic mass is 10.2. The summed E-state index contributed by atoms with van der Waals surface area (Å²) in [6.45, 7) is 7.35. The largest absolute Gasteiger partial charge is 0.310 e. The van der Waals surface area contributed by atoms with Crippen molar-refractivity contribution in [3.63, 3.8) is 0 Å². The molecule has 18 heavy (non-hydrogen) atoms. The Labute approximate surface area is 113 Å². The molecule has 2 aromatic rings. The maximum absolute atomic E-state index is 4.36. The van der Waals surface area contributed by atoms with Gasteiger partial charge in [-0.25, -0.2) is 0 Å². The van der Waals surface area contributed by atoms with E-state index in [1.54, 1.807) is 0 Å². The fourth-order valence-electron chi connectivity index (χ4n) is 2.08. The second kappa shape index (κ2) is 5.67. The number of aromatic nitrogens is 2. The Morgan fingerprint density at radius 3 is 2.72 bits per heavy atom. The number of nitrogens with zero attached hydrogens (tertiary/aromatic N) is 2.